The number of hydrogen-bond donors (Lipinski definition) is 1. The number of nitrogens with zero attached hydrogens (tertiary/aromatic N) is 3. The molecule has 34 heavy (non-hydrogen) atoms. The Bertz CT molecular complexity index is 1330. The molecule has 0 saturated heterocycles. The minimum atomic E-state index is -5.05. The van der Waals surface area contributed by atoms with E-state index in [9.17, 15) is 35.5 Å². The van der Waals surface area contributed by atoms with Gasteiger partial charge in [0.1, 0.15) is 5.82 Å². The summed E-state index contributed by atoms with van der Waals surface area (Å²) in [5.41, 5.74) is -2.85. The molecule has 2 aromatic heterocycles. The molecule has 0 aliphatic carbocycles. The molecule has 0 unspecified atom stereocenters. The maximum absolute atomic E-state index is 13.5. The van der Waals surface area contributed by atoms with Crippen molar-refractivity contribution in [1.29, 1.82) is 0 Å². The van der Waals surface area contributed by atoms with Crippen LogP contribution in [0.1, 0.15) is 27.2 Å². The normalized spacial score (nSPS) is 12.3. The van der Waals surface area contributed by atoms with E-state index in [0.717, 1.165) is 0 Å². The molecule has 0 radical (unpaired) electrons. The number of benzene rings is 2. The summed E-state index contributed by atoms with van der Waals surface area (Å²) in [5.74, 6) is -1.26. The zero-order valence-electron chi connectivity index (χ0n) is 16.8. The Kier molecular flexibility index (Phi) is 6.06. The summed E-state index contributed by atoms with van der Waals surface area (Å²) in [4.78, 5) is 17.1. The van der Waals surface area contributed by atoms with Gasteiger partial charge in [-0.05, 0) is 30.3 Å². The first-order chi connectivity index (χ1) is 15.9. The Morgan fingerprint density at radius 1 is 1.00 bits per heavy atom. The topological polar surface area (TPSA) is 59.3 Å². The number of nitrogens with one attached hydrogen (secondary N) is 1. The van der Waals surface area contributed by atoms with E-state index in [1.54, 1.807) is 11.4 Å². The van der Waals surface area contributed by atoms with Crippen LogP contribution >= 0.6 is 11.3 Å². The van der Waals surface area contributed by atoms with Crippen molar-refractivity contribution in [3.63, 3.8) is 0 Å². The predicted molar refractivity (Wildman–Crippen MR) is 109 cm³/mol. The summed E-state index contributed by atoms with van der Waals surface area (Å²) >= 11 is 1.23. The third-order valence-electron chi connectivity index (χ3n) is 4.75. The number of fused-ring (bicyclic) bond motifs is 1. The lowest BCUT2D eigenvalue weighted by atomic mass is 10.0. The molecule has 4 rings (SSSR count). The summed E-state index contributed by atoms with van der Waals surface area (Å²) in [5, 5.41) is 8.33. The average molecular weight is 502 g/mol. The Morgan fingerprint density at radius 3 is 2.29 bits per heavy atom. The number of halogens is 7. The second-order valence-electron chi connectivity index (χ2n) is 7.17. The van der Waals surface area contributed by atoms with Gasteiger partial charge in [0.05, 0.1) is 16.8 Å². The summed E-state index contributed by atoms with van der Waals surface area (Å²) < 4.78 is 92.9. The van der Waals surface area contributed by atoms with Crippen LogP contribution in [0.5, 0.6) is 0 Å². The quantitative estimate of drug-likeness (QED) is 0.361. The standard InChI is InChI=1S/C21H13F7N4OS/c22-15-3-1-2-11(8-15)17-30-19-32(31-17)16(10-34-19)4-5-29-18(33)12-6-13(20(23,24)25)9-14(7-12)21(26,27)28/h1-3,6-10H,4-5H2,(H,29,33). The molecule has 1 N–H and O–H groups in total. The largest absolute Gasteiger partial charge is 0.416 e. The number of amides is 1. The van der Waals surface area contributed by atoms with Gasteiger partial charge in [-0.2, -0.15) is 31.3 Å². The van der Waals surface area contributed by atoms with Gasteiger partial charge in [-0.15, -0.1) is 16.4 Å². The fourth-order valence-corrected chi connectivity index (χ4v) is 3.99. The molecule has 0 spiro atoms. The molecule has 0 aliphatic rings. The van der Waals surface area contributed by atoms with Gasteiger partial charge >= 0.3 is 12.4 Å². The zero-order chi connectivity index (χ0) is 24.7. The highest BCUT2D eigenvalue weighted by atomic mass is 32.1. The molecule has 4 aromatic rings. The fraction of sp³-hybridized carbons (Fsp3) is 0.190. The van der Waals surface area contributed by atoms with Gasteiger partial charge in [-0.25, -0.2) is 8.91 Å². The van der Waals surface area contributed by atoms with Crippen molar-refractivity contribution < 1.29 is 35.5 Å². The third-order valence-corrected chi connectivity index (χ3v) is 5.61. The van der Waals surface area contributed by atoms with Crippen LogP contribution in [-0.4, -0.2) is 27.0 Å². The summed E-state index contributed by atoms with van der Waals surface area (Å²) in [6.45, 7) is -0.0859. The van der Waals surface area contributed by atoms with Gasteiger partial charge < -0.3 is 5.32 Å². The summed E-state index contributed by atoms with van der Waals surface area (Å²) in [6, 6.07) is 6.38. The number of carbonyl (C=O) groups excluding carboxylic acids is 1. The monoisotopic (exact) mass is 502 g/mol. The predicted octanol–water partition coefficient (Wildman–Crippen LogP) is 5.61. The van der Waals surface area contributed by atoms with E-state index in [1.165, 1.54) is 34.1 Å². The fourth-order valence-electron chi connectivity index (χ4n) is 3.14. The highest BCUT2D eigenvalue weighted by Gasteiger charge is 2.37. The van der Waals surface area contributed by atoms with Gasteiger partial charge in [0.2, 0.25) is 4.96 Å². The number of alkyl halides is 6. The summed E-state index contributed by atoms with van der Waals surface area (Å²) in [7, 11) is 0. The lowest BCUT2D eigenvalue weighted by Crippen LogP contribution is -2.27. The van der Waals surface area contributed by atoms with Crippen LogP contribution in [0.15, 0.2) is 47.8 Å². The van der Waals surface area contributed by atoms with Crippen molar-refractivity contribution in [2.24, 2.45) is 0 Å². The Labute approximate surface area is 190 Å². The highest BCUT2D eigenvalue weighted by molar-refractivity contribution is 7.15. The van der Waals surface area contributed by atoms with E-state index < -0.39 is 40.8 Å². The molecule has 0 fully saturated rings. The van der Waals surface area contributed by atoms with Gasteiger partial charge in [0.25, 0.3) is 5.91 Å². The van der Waals surface area contributed by atoms with Crippen LogP contribution in [-0.2, 0) is 18.8 Å². The lowest BCUT2D eigenvalue weighted by Gasteiger charge is -2.14. The lowest BCUT2D eigenvalue weighted by molar-refractivity contribution is -0.143. The van der Waals surface area contributed by atoms with Crippen molar-refractivity contribution in [3.05, 3.63) is 76.0 Å². The molecular weight excluding hydrogens is 489 g/mol. The molecule has 0 atom stereocenters. The van der Waals surface area contributed by atoms with Gasteiger partial charge in [-0.3, -0.25) is 4.79 Å². The molecule has 0 bridgehead atoms. The SMILES string of the molecule is O=C(NCCc1csc2nc(-c3cccc(F)c3)nn12)c1cc(C(F)(F)F)cc(C(F)(F)F)c1. The van der Waals surface area contributed by atoms with Crippen LogP contribution in [0.4, 0.5) is 30.7 Å². The van der Waals surface area contributed by atoms with Crippen molar-refractivity contribution in [2.45, 2.75) is 18.8 Å². The van der Waals surface area contributed by atoms with Gasteiger partial charge in [0, 0.05) is 29.5 Å². The number of hydrogen-bond acceptors (Lipinski definition) is 4. The molecule has 2 aromatic carbocycles. The van der Waals surface area contributed by atoms with Crippen LogP contribution in [0, 0.1) is 5.82 Å². The molecule has 1 amide bonds. The molecule has 178 valence electrons. The van der Waals surface area contributed by atoms with Crippen LogP contribution < -0.4 is 5.32 Å². The van der Waals surface area contributed by atoms with Crippen LogP contribution in [0.2, 0.25) is 0 Å². The second kappa shape index (κ2) is 8.70. The van der Waals surface area contributed by atoms with Crippen molar-refractivity contribution in [2.75, 3.05) is 6.54 Å². The van der Waals surface area contributed by atoms with Crippen molar-refractivity contribution in [3.8, 4) is 11.4 Å². The van der Waals surface area contributed by atoms with E-state index in [0.29, 0.717) is 28.4 Å². The first kappa shape index (κ1) is 23.7. The first-order valence-corrected chi connectivity index (χ1v) is 10.5. The number of thiazole rings is 1. The highest BCUT2D eigenvalue weighted by Crippen LogP contribution is 2.36. The van der Waals surface area contributed by atoms with E-state index in [-0.39, 0.29) is 24.9 Å². The van der Waals surface area contributed by atoms with Gasteiger partial charge in [0.15, 0.2) is 5.82 Å². The van der Waals surface area contributed by atoms with Crippen LogP contribution in [0.3, 0.4) is 0 Å². The molecular formula is C21H13F7N4OS. The van der Waals surface area contributed by atoms with E-state index in [1.807, 2.05) is 0 Å². The van der Waals surface area contributed by atoms with Crippen molar-refractivity contribution in [1.82, 2.24) is 19.9 Å². The molecule has 0 saturated carbocycles. The molecule has 0 aliphatic heterocycles. The van der Waals surface area contributed by atoms with Crippen LogP contribution in [0.25, 0.3) is 16.3 Å². The Hall–Kier alpha value is -3.48. The maximum atomic E-state index is 13.5. The Balaban J connectivity index is 1.49. The first-order valence-electron chi connectivity index (χ1n) is 9.58. The zero-order valence-corrected chi connectivity index (χ0v) is 17.7. The number of rotatable bonds is 5. The maximum Gasteiger partial charge on any atom is 0.416 e. The molecule has 2 heterocycles. The number of carbonyl (C=O) groups is 1. The number of aromatic nitrogens is 3. The average Bonchev–Trinajstić information content (AvgIpc) is 3.34. The van der Waals surface area contributed by atoms with E-state index in [4.69, 9.17) is 0 Å². The minimum absolute atomic E-state index is 0.0419. The van der Waals surface area contributed by atoms with Gasteiger partial charge in [-0.1, -0.05) is 12.1 Å². The van der Waals surface area contributed by atoms with Crippen molar-refractivity contribution >= 4 is 22.2 Å². The second-order valence-corrected chi connectivity index (χ2v) is 8.00. The van der Waals surface area contributed by atoms with E-state index in [2.05, 4.69) is 15.4 Å². The minimum Gasteiger partial charge on any atom is -0.352 e. The summed E-state index contributed by atoms with van der Waals surface area (Å²) in [6.07, 6.45) is -9.93. The third kappa shape index (κ3) is 5.03. The Morgan fingerprint density at radius 2 is 1.68 bits per heavy atom. The molecule has 13 heteroatoms. The smallest absolute Gasteiger partial charge is 0.352 e. The molecule has 5 nitrogen and oxygen atoms in total. The van der Waals surface area contributed by atoms with E-state index >= 15 is 0 Å².